The zero-order valence-electron chi connectivity index (χ0n) is 10.5. The molecule has 94 valence electrons. The lowest BCUT2D eigenvalue weighted by atomic mass is 9.72. The Hall–Kier alpha value is -0.500. The molecule has 0 amide bonds. The molecule has 0 bridgehead atoms. The molecule has 0 aliphatic heterocycles. The summed E-state index contributed by atoms with van der Waals surface area (Å²) in [5.41, 5.74) is 1.88. The Labute approximate surface area is 113 Å². The van der Waals surface area contributed by atoms with Crippen molar-refractivity contribution in [2.45, 2.75) is 38.5 Å². The topological polar surface area (TPSA) is 9.23 Å². The fraction of sp³-hybridized carbons (Fsp3) is 0.600. The average molecular weight is 297 g/mol. The minimum Gasteiger partial charge on any atom is -0.497 e. The van der Waals surface area contributed by atoms with Crippen LogP contribution in [-0.2, 0) is 6.42 Å². The van der Waals surface area contributed by atoms with E-state index in [0.717, 1.165) is 11.1 Å². The molecule has 0 saturated heterocycles. The third-order valence-corrected chi connectivity index (χ3v) is 5.10. The summed E-state index contributed by atoms with van der Waals surface area (Å²) < 4.78 is 5.30. The average Bonchev–Trinajstić information content (AvgIpc) is 2.40. The molecule has 1 aliphatic rings. The monoisotopic (exact) mass is 296 g/mol. The molecule has 1 saturated carbocycles. The van der Waals surface area contributed by atoms with Crippen LogP contribution in [0.2, 0.25) is 0 Å². The summed E-state index contributed by atoms with van der Waals surface area (Å²) in [6, 6.07) is 8.52. The van der Waals surface area contributed by atoms with Crippen molar-refractivity contribution in [2.75, 3.05) is 12.4 Å². The van der Waals surface area contributed by atoms with Crippen molar-refractivity contribution >= 4 is 15.9 Å². The maximum Gasteiger partial charge on any atom is 0.119 e. The first-order valence-corrected chi connectivity index (χ1v) is 7.59. The van der Waals surface area contributed by atoms with Crippen LogP contribution in [0, 0.1) is 5.41 Å². The molecule has 2 heteroatoms. The summed E-state index contributed by atoms with van der Waals surface area (Å²) in [4.78, 5) is 0. The van der Waals surface area contributed by atoms with Crippen molar-refractivity contribution in [2.24, 2.45) is 5.41 Å². The minimum absolute atomic E-state index is 0.477. The molecule has 0 radical (unpaired) electrons. The molecule has 1 aromatic carbocycles. The van der Waals surface area contributed by atoms with Crippen LogP contribution >= 0.6 is 15.9 Å². The first kappa shape index (κ1) is 12.9. The Morgan fingerprint density at radius 1 is 1.24 bits per heavy atom. The normalized spacial score (nSPS) is 18.9. The Kier molecular flexibility index (Phi) is 4.49. The predicted octanol–water partition coefficient (Wildman–Crippen LogP) is 4.58. The van der Waals surface area contributed by atoms with Crippen molar-refractivity contribution in [1.82, 2.24) is 0 Å². The zero-order valence-corrected chi connectivity index (χ0v) is 12.1. The van der Waals surface area contributed by atoms with Crippen molar-refractivity contribution in [3.05, 3.63) is 29.8 Å². The molecule has 1 aliphatic carbocycles. The molecule has 1 nitrogen and oxygen atoms in total. The van der Waals surface area contributed by atoms with E-state index in [4.69, 9.17) is 4.74 Å². The second-order valence-electron chi connectivity index (χ2n) is 5.22. The van der Waals surface area contributed by atoms with E-state index in [1.54, 1.807) is 7.11 Å². The minimum atomic E-state index is 0.477. The summed E-state index contributed by atoms with van der Waals surface area (Å²) in [5, 5.41) is 1.12. The molecule has 0 atom stereocenters. The fourth-order valence-electron chi connectivity index (χ4n) is 2.87. The molecule has 1 fully saturated rings. The van der Waals surface area contributed by atoms with Crippen molar-refractivity contribution in [3.63, 3.8) is 0 Å². The number of hydrogen-bond donors (Lipinski definition) is 0. The van der Waals surface area contributed by atoms with Crippen LogP contribution in [0.1, 0.15) is 37.7 Å². The van der Waals surface area contributed by atoms with Gasteiger partial charge in [-0.05, 0) is 42.4 Å². The van der Waals surface area contributed by atoms with Crippen LogP contribution in [0.25, 0.3) is 0 Å². The first-order chi connectivity index (χ1) is 8.28. The van der Waals surface area contributed by atoms with Crippen LogP contribution in [0.3, 0.4) is 0 Å². The van der Waals surface area contributed by atoms with Gasteiger partial charge >= 0.3 is 0 Å². The van der Waals surface area contributed by atoms with Gasteiger partial charge in [-0.2, -0.15) is 0 Å². The number of benzene rings is 1. The third kappa shape index (κ3) is 3.25. The van der Waals surface area contributed by atoms with Gasteiger partial charge in [0.05, 0.1) is 7.11 Å². The van der Waals surface area contributed by atoms with Gasteiger partial charge in [0.2, 0.25) is 0 Å². The molecule has 0 N–H and O–H groups in total. The van der Waals surface area contributed by atoms with Crippen LogP contribution in [0.15, 0.2) is 24.3 Å². The van der Waals surface area contributed by atoms with Crippen LogP contribution in [-0.4, -0.2) is 12.4 Å². The van der Waals surface area contributed by atoms with Gasteiger partial charge in [0.25, 0.3) is 0 Å². The lowest BCUT2D eigenvalue weighted by Gasteiger charge is -2.36. The van der Waals surface area contributed by atoms with Gasteiger partial charge in [-0.1, -0.05) is 47.3 Å². The van der Waals surface area contributed by atoms with Crippen molar-refractivity contribution in [3.8, 4) is 5.75 Å². The highest BCUT2D eigenvalue weighted by Gasteiger charge is 2.31. The van der Waals surface area contributed by atoms with E-state index in [9.17, 15) is 0 Å². The van der Waals surface area contributed by atoms with Gasteiger partial charge in [-0.25, -0.2) is 0 Å². The quantitative estimate of drug-likeness (QED) is 0.739. The van der Waals surface area contributed by atoms with Gasteiger partial charge < -0.3 is 4.74 Å². The Bertz CT molecular complexity index is 356. The molecule has 0 aromatic heterocycles. The SMILES string of the molecule is COc1cccc(CC2(CBr)CCCCC2)c1. The maximum atomic E-state index is 5.30. The summed E-state index contributed by atoms with van der Waals surface area (Å²) in [5.74, 6) is 0.975. The number of halogens is 1. The number of methoxy groups -OCH3 is 1. The third-order valence-electron chi connectivity index (χ3n) is 3.91. The fourth-order valence-corrected chi connectivity index (χ4v) is 3.63. The molecule has 0 heterocycles. The first-order valence-electron chi connectivity index (χ1n) is 6.47. The van der Waals surface area contributed by atoms with Gasteiger partial charge in [0.15, 0.2) is 0 Å². The molecular weight excluding hydrogens is 276 g/mol. The molecule has 0 unspecified atom stereocenters. The lowest BCUT2D eigenvalue weighted by molar-refractivity contribution is 0.223. The standard InChI is InChI=1S/C15H21BrO/c1-17-14-7-5-6-13(10-14)11-15(12-16)8-3-2-4-9-15/h5-7,10H,2-4,8-9,11-12H2,1H3. The lowest BCUT2D eigenvalue weighted by Crippen LogP contribution is -2.28. The van der Waals surface area contributed by atoms with E-state index in [-0.39, 0.29) is 0 Å². The zero-order chi connectivity index (χ0) is 12.1. The predicted molar refractivity (Wildman–Crippen MR) is 76.0 cm³/mol. The van der Waals surface area contributed by atoms with E-state index in [1.165, 1.54) is 44.1 Å². The maximum absolute atomic E-state index is 5.30. The van der Waals surface area contributed by atoms with Gasteiger partial charge in [0.1, 0.15) is 5.75 Å². The highest BCUT2D eigenvalue weighted by atomic mass is 79.9. The van der Waals surface area contributed by atoms with Crippen LogP contribution in [0.5, 0.6) is 5.75 Å². The van der Waals surface area contributed by atoms with E-state index in [2.05, 4.69) is 34.1 Å². The Morgan fingerprint density at radius 2 is 2.00 bits per heavy atom. The van der Waals surface area contributed by atoms with Gasteiger partial charge in [-0.15, -0.1) is 0 Å². The summed E-state index contributed by atoms with van der Waals surface area (Å²) in [6.07, 6.45) is 8.07. The highest BCUT2D eigenvalue weighted by Crippen LogP contribution is 2.40. The van der Waals surface area contributed by atoms with Gasteiger partial charge in [0, 0.05) is 5.33 Å². The Balaban J connectivity index is 2.11. The van der Waals surface area contributed by atoms with E-state index in [0.29, 0.717) is 5.41 Å². The molecule has 0 spiro atoms. The smallest absolute Gasteiger partial charge is 0.119 e. The van der Waals surface area contributed by atoms with E-state index < -0.39 is 0 Å². The van der Waals surface area contributed by atoms with E-state index >= 15 is 0 Å². The summed E-state index contributed by atoms with van der Waals surface area (Å²) in [7, 11) is 1.74. The second-order valence-corrected chi connectivity index (χ2v) is 5.78. The molecule has 2 rings (SSSR count). The van der Waals surface area contributed by atoms with E-state index in [1.807, 2.05) is 6.07 Å². The largest absolute Gasteiger partial charge is 0.497 e. The number of alkyl halides is 1. The number of rotatable bonds is 4. The molecular formula is C15H21BrO. The van der Waals surface area contributed by atoms with Crippen molar-refractivity contribution < 1.29 is 4.74 Å². The number of ether oxygens (including phenoxy) is 1. The number of hydrogen-bond acceptors (Lipinski definition) is 1. The summed E-state index contributed by atoms with van der Waals surface area (Å²) >= 11 is 3.73. The van der Waals surface area contributed by atoms with Crippen LogP contribution in [0.4, 0.5) is 0 Å². The highest BCUT2D eigenvalue weighted by molar-refractivity contribution is 9.09. The van der Waals surface area contributed by atoms with Crippen LogP contribution < -0.4 is 4.74 Å². The molecule has 17 heavy (non-hydrogen) atoms. The van der Waals surface area contributed by atoms with Gasteiger partial charge in [-0.3, -0.25) is 0 Å². The second kappa shape index (κ2) is 5.90. The molecule has 1 aromatic rings. The Morgan fingerprint density at radius 3 is 2.65 bits per heavy atom. The van der Waals surface area contributed by atoms with Crippen molar-refractivity contribution in [1.29, 1.82) is 0 Å². The summed E-state index contributed by atoms with van der Waals surface area (Å²) in [6.45, 7) is 0.